The molecule has 0 spiro atoms. The van der Waals surface area contributed by atoms with Crippen LogP contribution >= 0.6 is 0 Å². The summed E-state index contributed by atoms with van der Waals surface area (Å²) in [6.45, 7) is 2.63. The Kier molecular flexibility index (Phi) is 5.72. The van der Waals surface area contributed by atoms with Gasteiger partial charge in [0.2, 0.25) is 0 Å². The zero-order valence-electron chi connectivity index (χ0n) is 7.13. The van der Waals surface area contributed by atoms with Crippen molar-refractivity contribution < 1.29 is 8.42 Å². The highest BCUT2D eigenvalue weighted by molar-refractivity contribution is 7.87. The quantitative estimate of drug-likeness (QED) is 0.452. The van der Waals surface area contributed by atoms with Crippen molar-refractivity contribution in [3.63, 3.8) is 0 Å². The fourth-order valence-corrected chi connectivity index (χ4v) is 1.49. The highest BCUT2D eigenvalue weighted by Crippen LogP contribution is 1.80. The van der Waals surface area contributed by atoms with Gasteiger partial charge < -0.3 is 0 Å². The lowest BCUT2D eigenvalue weighted by molar-refractivity contribution is 0.566. The molecule has 0 aliphatic heterocycles. The molecule has 0 aromatic rings. The van der Waals surface area contributed by atoms with Crippen LogP contribution in [0.5, 0.6) is 0 Å². The van der Waals surface area contributed by atoms with E-state index in [1.54, 1.807) is 0 Å². The van der Waals surface area contributed by atoms with Gasteiger partial charge in [-0.2, -0.15) is 8.42 Å². The number of hydrogen-bond donors (Lipinski definition) is 2. The van der Waals surface area contributed by atoms with Crippen molar-refractivity contribution in [3.8, 4) is 12.3 Å². The third-order valence-corrected chi connectivity index (χ3v) is 2.27. The van der Waals surface area contributed by atoms with Gasteiger partial charge in [0.25, 0.3) is 10.2 Å². The summed E-state index contributed by atoms with van der Waals surface area (Å²) >= 11 is 0. The maximum Gasteiger partial charge on any atom is 0.276 e. The second kappa shape index (κ2) is 6.00. The van der Waals surface area contributed by atoms with Crippen LogP contribution in [0.2, 0.25) is 0 Å². The molecule has 0 amide bonds. The van der Waals surface area contributed by atoms with E-state index in [9.17, 15) is 8.42 Å². The first kappa shape index (κ1) is 11.4. The van der Waals surface area contributed by atoms with Crippen LogP contribution in [0.25, 0.3) is 0 Å². The van der Waals surface area contributed by atoms with E-state index < -0.39 is 10.2 Å². The van der Waals surface area contributed by atoms with Crippen molar-refractivity contribution in [2.24, 2.45) is 0 Å². The lowest BCUT2D eigenvalue weighted by Crippen LogP contribution is -2.37. The molecule has 70 valence electrons. The lowest BCUT2D eigenvalue weighted by atomic mass is 10.5. The first-order valence-corrected chi connectivity index (χ1v) is 5.28. The smallest absolute Gasteiger partial charge is 0.202 e. The van der Waals surface area contributed by atoms with E-state index in [1.807, 2.05) is 6.92 Å². The summed E-state index contributed by atoms with van der Waals surface area (Å²) in [5.41, 5.74) is 0. The van der Waals surface area contributed by atoms with Crippen molar-refractivity contribution in [1.82, 2.24) is 9.44 Å². The molecule has 2 N–H and O–H groups in total. The highest BCUT2D eigenvalue weighted by atomic mass is 32.2. The van der Waals surface area contributed by atoms with E-state index in [2.05, 4.69) is 15.4 Å². The second-order valence-electron chi connectivity index (χ2n) is 2.25. The monoisotopic (exact) mass is 190 g/mol. The van der Waals surface area contributed by atoms with Gasteiger partial charge in [-0.05, 0) is 6.42 Å². The third-order valence-electron chi connectivity index (χ3n) is 1.10. The first-order valence-electron chi connectivity index (χ1n) is 3.80. The topological polar surface area (TPSA) is 58.2 Å². The van der Waals surface area contributed by atoms with Crippen LogP contribution in [-0.2, 0) is 10.2 Å². The van der Waals surface area contributed by atoms with Crippen LogP contribution < -0.4 is 9.44 Å². The summed E-state index contributed by atoms with van der Waals surface area (Å²) < 4.78 is 26.6. The minimum atomic E-state index is -3.31. The van der Waals surface area contributed by atoms with Gasteiger partial charge >= 0.3 is 0 Å². The normalized spacial score (nSPS) is 11.0. The van der Waals surface area contributed by atoms with Gasteiger partial charge in [-0.1, -0.05) is 6.92 Å². The van der Waals surface area contributed by atoms with Crippen LogP contribution in [0, 0.1) is 12.3 Å². The average Bonchev–Trinajstić information content (AvgIpc) is 2.01. The Bertz CT molecular complexity index is 241. The molecule has 0 atom stereocenters. The molecule has 0 bridgehead atoms. The largest absolute Gasteiger partial charge is 0.276 e. The number of rotatable bonds is 6. The zero-order valence-corrected chi connectivity index (χ0v) is 7.95. The van der Waals surface area contributed by atoms with Gasteiger partial charge in [0.15, 0.2) is 0 Å². The predicted molar refractivity (Wildman–Crippen MR) is 48.7 cm³/mol. The Morgan fingerprint density at radius 1 is 1.33 bits per heavy atom. The zero-order chi connectivity index (χ0) is 9.45. The molecule has 5 heteroatoms. The number of terminal acetylenes is 1. The van der Waals surface area contributed by atoms with E-state index in [0.717, 1.165) is 6.42 Å². The molecule has 0 saturated heterocycles. The standard InChI is InChI=1S/C7H14N2O2S/c1-3-5-7-9-12(10,11)8-6-4-2/h1,8-9H,4-7H2,2H3. The van der Waals surface area contributed by atoms with Crippen molar-refractivity contribution in [3.05, 3.63) is 0 Å². The SMILES string of the molecule is C#CCCNS(=O)(=O)NCCC. The van der Waals surface area contributed by atoms with Crippen LogP contribution in [0.4, 0.5) is 0 Å². The molecule has 0 fully saturated rings. The Morgan fingerprint density at radius 3 is 2.42 bits per heavy atom. The minimum absolute atomic E-state index is 0.287. The summed E-state index contributed by atoms with van der Waals surface area (Å²) in [6.07, 6.45) is 6.14. The Balaban J connectivity index is 3.67. The van der Waals surface area contributed by atoms with E-state index in [0.29, 0.717) is 13.0 Å². The molecule has 4 nitrogen and oxygen atoms in total. The first-order chi connectivity index (χ1) is 5.62. The molecule has 0 aliphatic rings. The molecule has 12 heavy (non-hydrogen) atoms. The molecule has 0 aliphatic carbocycles. The van der Waals surface area contributed by atoms with Crippen LogP contribution in [0.15, 0.2) is 0 Å². The Labute approximate surface area is 73.9 Å². The maximum atomic E-state index is 11.0. The maximum absolute atomic E-state index is 11.0. The summed E-state index contributed by atoms with van der Waals surface area (Å²) in [5.74, 6) is 2.34. The molecule has 0 aromatic carbocycles. The Hall–Kier alpha value is -0.570. The third kappa shape index (κ3) is 6.16. The molecule has 0 aromatic heterocycles. The van der Waals surface area contributed by atoms with Crippen LogP contribution in [0.3, 0.4) is 0 Å². The van der Waals surface area contributed by atoms with Gasteiger partial charge in [0, 0.05) is 19.5 Å². The predicted octanol–water partition coefficient (Wildman–Crippen LogP) is -0.156. The second-order valence-corrected chi connectivity index (χ2v) is 3.83. The molecule has 0 radical (unpaired) electrons. The van der Waals surface area contributed by atoms with Crippen molar-refractivity contribution in [2.75, 3.05) is 13.1 Å². The van der Waals surface area contributed by atoms with Crippen LogP contribution in [0.1, 0.15) is 19.8 Å². The van der Waals surface area contributed by atoms with Crippen molar-refractivity contribution >= 4 is 10.2 Å². The fraction of sp³-hybridized carbons (Fsp3) is 0.714. The van der Waals surface area contributed by atoms with Crippen LogP contribution in [-0.4, -0.2) is 21.5 Å². The minimum Gasteiger partial charge on any atom is -0.202 e. The van der Waals surface area contributed by atoms with Crippen molar-refractivity contribution in [2.45, 2.75) is 19.8 Å². The molecular weight excluding hydrogens is 176 g/mol. The number of hydrogen-bond acceptors (Lipinski definition) is 2. The summed E-state index contributed by atoms with van der Waals surface area (Å²) in [6, 6.07) is 0. The summed E-state index contributed by atoms with van der Waals surface area (Å²) in [5, 5.41) is 0. The molecule has 0 heterocycles. The van der Waals surface area contributed by atoms with E-state index >= 15 is 0 Å². The molecule has 0 rings (SSSR count). The summed E-state index contributed by atoms with van der Waals surface area (Å²) in [4.78, 5) is 0. The average molecular weight is 190 g/mol. The fourth-order valence-electron chi connectivity index (χ4n) is 0.545. The van der Waals surface area contributed by atoms with Gasteiger partial charge in [0.05, 0.1) is 0 Å². The van der Waals surface area contributed by atoms with E-state index in [-0.39, 0.29) is 6.54 Å². The van der Waals surface area contributed by atoms with Crippen molar-refractivity contribution in [1.29, 1.82) is 0 Å². The molecule has 0 saturated carbocycles. The van der Waals surface area contributed by atoms with Gasteiger partial charge in [-0.3, -0.25) is 0 Å². The van der Waals surface area contributed by atoms with Gasteiger partial charge in [-0.25, -0.2) is 9.44 Å². The Morgan fingerprint density at radius 2 is 1.92 bits per heavy atom. The highest BCUT2D eigenvalue weighted by Gasteiger charge is 2.05. The van der Waals surface area contributed by atoms with Gasteiger partial charge in [-0.15, -0.1) is 12.3 Å². The number of nitrogens with one attached hydrogen (secondary N) is 2. The van der Waals surface area contributed by atoms with Gasteiger partial charge in [0.1, 0.15) is 0 Å². The molecular formula is C7H14N2O2S. The van der Waals surface area contributed by atoms with E-state index in [4.69, 9.17) is 6.42 Å². The van der Waals surface area contributed by atoms with E-state index in [1.165, 1.54) is 0 Å². The summed E-state index contributed by atoms with van der Waals surface area (Å²) in [7, 11) is -3.31. The lowest BCUT2D eigenvalue weighted by Gasteiger charge is -2.04. The molecule has 0 unspecified atom stereocenters.